The van der Waals surface area contributed by atoms with E-state index in [9.17, 15) is 8.78 Å². The van der Waals surface area contributed by atoms with Gasteiger partial charge in [0.05, 0.1) is 5.02 Å². The number of nitrogens with zero attached hydrogens (tertiary/aromatic N) is 1. The molecule has 1 aromatic carbocycles. The van der Waals surface area contributed by atoms with Crippen molar-refractivity contribution in [1.29, 1.82) is 0 Å². The van der Waals surface area contributed by atoms with Crippen molar-refractivity contribution in [2.45, 2.75) is 13.3 Å². The molecule has 0 bridgehead atoms. The Morgan fingerprint density at radius 3 is 2.76 bits per heavy atom. The van der Waals surface area contributed by atoms with E-state index >= 15 is 0 Å². The molecule has 0 aliphatic rings. The van der Waals surface area contributed by atoms with Gasteiger partial charge in [-0.25, -0.2) is 13.8 Å². The zero-order valence-corrected chi connectivity index (χ0v) is 12.2. The summed E-state index contributed by atoms with van der Waals surface area (Å²) in [5.74, 6) is -1.13. The Bertz CT molecular complexity index is 671. The summed E-state index contributed by atoms with van der Waals surface area (Å²) in [5.41, 5.74) is 7.23. The highest BCUT2D eigenvalue weighted by Gasteiger charge is 2.06. The third-order valence-corrected chi connectivity index (χ3v) is 3.27. The lowest BCUT2D eigenvalue weighted by Gasteiger charge is -2.07. The number of nitrogen functional groups attached to an aromatic ring is 1. The number of allylic oxidation sites excluding steroid dienone is 1. The first-order valence-electron chi connectivity index (χ1n) is 6.49. The molecule has 2 aromatic rings. The van der Waals surface area contributed by atoms with Crippen LogP contribution in [-0.2, 0) is 6.42 Å². The van der Waals surface area contributed by atoms with E-state index in [4.69, 9.17) is 17.3 Å². The zero-order valence-electron chi connectivity index (χ0n) is 11.5. The maximum absolute atomic E-state index is 13.1. The second kappa shape index (κ2) is 6.68. The molecule has 1 heterocycles. The SMILES string of the molecule is CC(/C=C/c1cc(Cl)cnc1N)Cc1ccc(F)c(F)c1. The van der Waals surface area contributed by atoms with Gasteiger partial charge in [-0.05, 0) is 36.1 Å². The Morgan fingerprint density at radius 2 is 2.05 bits per heavy atom. The fourth-order valence-electron chi connectivity index (χ4n) is 1.97. The summed E-state index contributed by atoms with van der Waals surface area (Å²) in [6, 6.07) is 5.66. The number of rotatable bonds is 4. The van der Waals surface area contributed by atoms with Crippen LogP contribution in [0.15, 0.2) is 36.5 Å². The number of benzene rings is 1. The van der Waals surface area contributed by atoms with Gasteiger partial charge in [0.1, 0.15) is 5.82 Å². The van der Waals surface area contributed by atoms with Crippen LogP contribution in [0.4, 0.5) is 14.6 Å². The number of halogens is 3. The number of hydrogen-bond donors (Lipinski definition) is 1. The third-order valence-electron chi connectivity index (χ3n) is 3.06. The molecule has 2 rings (SSSR count). The van der Waals surface area contributed by atoms with E-state index in [1.165, 1.54) is 12.3 Å². The Morgan fingerprint density at radius 1 is 1.29 bits per heavy atom. The zero-order chi connectivity index (χ0) is 15.4. The fourth-order valence-corrected chi connectivity index (χ4v) is 2.14. The van der Waals surface area contributed by atoms with Crippen LogP contribution in [0.3, 0.4) is 0 Å². The third kappa shape index (κ3) is 4.26. The van der Waals surface area contributed by atoms with Crippen molar-refractivity contribution in [1.82, 2.24) is 4.98 Å². The minimum atomic E-state index is -0.834. The topological polar surface area (TPSA) is 38.9 Å². The van der Waals surface area contributed by atoms with E-state index in [0.29, 0.717) is 17.3 Å². The molecule has 21 heavy (non-hydrogen) atoms. The summed E-state index contributed by atoms with van der Waals surface area (Å²) in [5, 5.41) is 0.511. The van der Waals surface area contributed by atoms with E-state index in [1.807, 2.05) is 19.1 Å². The van der Waals surface area contributed by atoms with Gasteiger partial charge in [-0.1, -0.05) is 36.7 Å². The predicted octanol–water partition coefficient (Wildman–Crippen LogP) is 4.49. The second-order valence-corrected chi connectivity index (χ2v) is 5.35. The molecule has 0 aliphatic heterocycles. The molecular formula is C16H15ClF2N2. The van der Waals surface area contributed by atoms with Crippen LogP contribution in [0.25, 0.3) is 6.08 Å². The molecule has 0 spiro atoms. The fraction of sp³-hybridized carbons (Fsp3) is 0.188. The molecule has 0 saturated heterocycles. The van der Waals surface area contributed by atoms with Crippen LogP contribution >= 0.6 is 11.6 Å². The Hall–Kier alpha value is -1.94. The summed E-state index contributed by atoms with van der Waals surface area (Å²) in [7, 11) is 0. The summed E-state index contributed by atoms with van der Waals surface area (Å²) in [4.78, 5) is 3.97. The minimum Gasteiger partial charge on any atom is -0.383 e. The first-order chi connectivity index (χ1) is 9.95. The first-order valence-corrected chi connectivity index (χ1v) is 6.86. The van der Waals surface area contributed by atoms with Gasteiger partial charge in [0.15, 0.2) is 11.6 Å². The smallest absolute Gasteiger partial charge is 0.159 e. The molecule has 0 saturated carbocycles. The number of nitrogens with two attached hydrogens (primary N) is 1. The number of aromatic nitrogens is 1. The Labute approximate surface area is 127 Å². The highest BCUT2D eigenvalue weighted by molar-refractivity contribution is 6.30. The molecule has 0 fully saturated rings. The van der Waals surface area contributed by atoms with Crippen LogP contribution in [0.5, 0.6) is 0 Å². The largest absolute Gasteiger partial charge is 0.383 e. The summed E-state index contributed by atoms with van der Waals surface area (Å²) >= 11 is 5.87. The summed E-state index contributed by atoms with van der Waals surface area (Å²) in [6.45, 7) is 1.98. The molecule has 1 aromatic heterocycles. The molecule has 0 radical (unpaired) electrons. The quantitative estimate of drug-likeness (QED) is 0.904. The molecule has 5 heteroatoms. The summed E-state index contributed by atoms with van der Waals surface area (Å²) < 4.78 is 26.0. The molecule has 1 unspecified atom stereocenters. The van der Waals surface area contributed by atoms with Crippen molar-refractivity contribution in [3.05, 3.63) is 64.3 Å². The van der Waals surface area contributed by atoms with Crippen LogP contribution in [0.2, 0.25) is 5.02 Å². The monoisotopic (exact) mass is 308 g/mol. The first kappa shape index (κ1) is 15.4. The second-order valence-electron chi connectivity index (χ2n) is 4.92. The van der Waals surface area contributed by atoms with Gasteiger partial charge in [0.25, 0.3) is 0 Å². The van der Waals surface area contributed by atoms with E-state index in [-0.39, 0.29) is 5.92 Å². The van der Waals surface area contributed by atoms with Gasteiger partial charge < -0.3 is 5.73 Å². The van der Waals surface area contributed by atoms with Crippen molar-refractivity contribution in [2.75, 3.05) is 5.73 Å². The van der Waals surface area contributed by atoms with Crippen LogP contribution in [0.1, 0.15) is 18.1 Å². The van der Waals surface area contributed by atoms with Crippen molar-refractivity contribution in [3.63, 3.8) is 0 Å². The molecular weight excluding hydrogens is 294 g/mol. The van der Waals surface area contributed by atoms with Crippen molar-refractivity contribution in [3.8, 4) is 0 Å². The van der Waals surface area contributed by atoms with Crippen molar-refractivity contribution >= 4 is 23.5 Å². The number of anilines is 1. The molecule has 0 aliphatic carbocycles. The van der Waals surface area contributed by atoms with Gasteiger partial charge >= 0.3 is 0 Å². The lowest BCUT2D eigenvalue weighted by Crippen LogP contribution is -1.98. The van der Waals surface area contributed by atoms with Crippen molar-refractivity contribution < 1.29 is 8.78 Å². The molecule has 1 atom stereocenters. The average Bonchev–Trinajstić information content (AvgIpc) is 2.44. The van der Waals surface area contributed by atoms with Crippen LogP contribution in [-0.4, -0.2) is 4.98 Å². The Kier molecular flexibility index (Phi) is 4.91. The minimum absolute atomic E-state index is 0.133. The predicted molar refractivity (Wildman–Crippen MR) is 81.9 cm³/mol. The molecule has 2 N–H and O–H groups in total. The van der Waals surface area contributed by atoms with E-state index in [2.05, 4.69) is 4.98 Å². The lowest BCUT2D eigenvalue weighted by atomic mass is 10.00. The normalized spacial score (nSPS) is 12.8. The highest BCUT2D eigenvalue weighted by atomic mass is 35.5. The van der Waals surface area contributed by atoms with E-state index < -0.39 is 11.6 Å². The standard InChI is InChI=1S/C16H15ClF2N2/c1-10(6-11-3-5-14(18)15(19)7-11)2-4-12-8-13(17)9-21-16(12)20/h2-5,7-10H,6H2,1H3,(H2,20,21)/b4-2+. The molecule has 2 nitrogen and oxygen atoms in total. The Balaban J connectivity index is 2.07. The van der Waals surface area contributed by atoms with E-state index in [0.717, 1.165) is 17.2 Å². The maximum atomic E-state index is 13.1. The van der Waals surface area contributed by atoms with E-state index in [1.54, 1.807) is 12.1 Å². The number of pyridine rings is 1. The van der Waals surface area contributed by atoms with Gasteiger partial charge in [-0.2, -0.15) is 0 Å². The maximum Gasteiger partial charge on any atom is 0.159 e. The van der Waals surface area contributed by atoms with Crippen LogP contribution < -0.4 is 5.73 Å². The van der Waals surface area contributed by atoms with Gasteiger partial charge in [-0.3, -0.25) is 0 Å². The van der Waals surface area contributed by atoms with Crippen molar-refractivity contribution in [2.24, 2.45) is 5.92 Å². The van der Waals surface area contributed by atoms with Gasteiger partial charge in [0, 0.05) is 11.8 Å². The molecule has 0 amide bonds. The summed E-state index contributed by atoms with van der Waals surface area (Å²) in [6.07, 6.45) is 5.85. The average molecular weight is 309 g/mol. The lowest BCUT2D eigenvalue weighted by molar-refractivity contribution is 0.506. The highest BCUT2D eigenvalue weighted by Crippen LogP contribution is 2.19. The van der Waals surface area contributed by atoms with Gasteiger partial charge in [0.2, 0.25) is 0 Å². The van der Waals surface area contributed by atoms with Gasteiger partial charge in [-0.15, -0.1) is 0 Å². The molecule has 110 valence electrons. The van der Waals surface area contributed by atoms with Crippen LogP contribution in [0, 0.1) is 17.6 Å². The number of hydrogen-bond acceptors (Lipinski definition) is 2.